The van der Waals surface area contributed by atoms with Crippen molar-refractivity contribution < 1.29 is 27.9 Å². The van der Waals surface area contributed by atoms with Crippen molar-refractivity contribution >= 4 is 17.5 Å². The standard InChI is InChI=1S/C17H15F3N2O3/c1-22(16(25)11-6-2-5-9-14(11)23)10-15(24)21-13-8-4-3-7-12(13)17(18,19)20/h2-9,23H,10H2,1H3,(H,21,24). The van der Waals surface area contributed by atoms with Gasteiger partial charge in [-0.15, -0.1) is 0 Å². The minimum absolute atomic E-state index is 0.00603. The van der Waals surface area contributed by atoms with Crippen LogP contribution in [0.3, 0.4) is 0 Å². The number of aromatic hydroxyl groups is 1. The van der Waals surface area contributed by atoms with Crippen LogP contribution in [-0.2, 0) is 11.0 Å². The summed E-state index contributed by atoms with van der Waals surface area (Å²) in [7, 11) is 1.31. The number of phenols is 1. The van der Waals surface area contributed by atoms with E-state index >= 15 is 0 Å². The molecule has 8 heteroatoms. The Morgan fingerprint density at radius 3 is 2.32 bits per heavy atom. The van der Waals surface area contributed by atoms with Gasteiger partial charge in [0.25, 0.3) is 5.91 Å². The summed E-state index contributed by atoms with van der Waals surface area (Å²) in [5.74, 6) is -1.66. The van der Waals surface area contributed by atoms with Gasteiger partial charge < -0.3 is 15.3 Å². The molecule has 0 atom stereocenters. The minimum Gasteiger partial charge on any atom is -0.507 e. The third-order valence-electron chi connectivity index (χ3n) is 3.37. The van der Waals surface area contributed by atoms with Gasteiger partial charge in [-0.2, -0.15) is 13.2 Å². The van der Waals surface area contributed by atoms with Gasteiger partial charge in [-0.05, 0) is 24.3 Å². The molecule has 0 aromatic heterocycles. The molecule has 25 heavy (non-hydrogen) atoms. The number of alkyl halides is 3. The van der Waals surface area contributed by atoms with Crippen LogP contribution in [0.1, 0.15) is 15.9 Å². The number of para-hydroxylation sites is 2. The van der Waals surface area contributed by atoms with E-state index in [4.69, 9.17) is 0 Å². The summed E-state index contributed by atoms with van der Waals surface area (Å²) in [4.78, 5) is 25.2. The fraction of sp³-hybridized carbons (Fsp3) is 0.176. The normalized spacial score (nSPS) is 11.0. The summed E-state index contributed by atoms with van der Waals surface area (Å²) >= 11 is 0. The monoisotopic (exact) mass is 352 g/mol. The summed E-state index contributed by atoms with van der Waals surface area (Å²) in [5.41, 5.74) is -1.37. The highest BCUT2D eigenvalue weighted by atomic mass is 19.4. The number of hydrogen-bond donors (Lipinski definition) is 2. The average molecular weight is 352 g/mol. The molecule has 0 bridgehead atoms. The SMILES string of the molecule is CN(CC(=O)Nc1ccccc1C(F)(F)F)C(=O)c1ccccc1O. The van der Waals surface area contributed by atoms with Crippen molar-refractivity contribution in [2.75, 3.05) is 18.9 Å². The predicted octanol–water partition coefficient (Wildman–Crippen LogP) is 3.12. The number of rotatable bonds is 4. The van der Waals surface area contributed by atoms with Gasteiger partial charge in [0, 0.05) is 7.05 Å². The fourth-order valence-electron chi connectivity index (χ4n) is 2.18. The first-order valence-electron chi connectivity index (χ1n) is 7.19. The Labute approximate surface area is 141 Å². The van der Waals surface area contributed by atoms with Gasteiger partial charge in [-0.3, -0.25) is 9.59 Å². The quantitative estimate of drug-likeness (QED) is 0.888. The van der Waals surface area contributed by atoms with E-state index in [9.17, 15) is 27.9 Å². The number of anilines is 1. The van der Waals surface area contributed by atoms with E-state index in [1.54, 1.807) is 6.07 Å². The molecule has 0 spiro atoms. The van der Waals surface area contributed by atoms with Gasteiger partial charge in [-0.25, -0.2) is 0 Å². The lowest BCUT2D eigenvalue weighted by Gasteiger charge is -2.18. The molecular weight excluding hydrogens is 337 g/mol. The smallest absolute Gasteiger partial charge is 0.418 e. The topological polar surface area (TPSA) is 69.6 Å². The molecule has 2 amide bonds. The lowest BCUT2D eigenvalue weighted by Crippen LogP contribution is -2.35. The van der Waals surface area contributed by atoms with Crippen LogP contribution in [0.15, 0.2) is 48.5 Å². The van der Waals surface area contributed by atoms with E-state index in [0.717, 1.165) is 17.0 Å². The molecule has 2 aromatic carbocycles. The third-order valence-corrected chi connectivity index (χ3v) is 3.37. The predicted molar refractivity (Wildman–Crippen MR) is 85.1 cm³/mol. The number of hydrogen-bond acceptors (Lipinski definition) is 3. The molecule has 2 aromatic rings. The first kappa shape index (κ1) is 18.3. The first-order chi connectivity index (χ1) is 11.7. The van der Waals surface area contributed by atoms with E-state index in [1.807, 2.05) is 0 Å². The van der Waals surface area contributed by atoms with Crippen LogP contribution in [0.2, 0.25) is 0 Å². The largest absolute Gasteiger partial charge is 0.507 e. The molecule has 0 aliphatic carbocycles. The van der Waals surface area contributed by atoms with Gasteiger partial charge in [-0.1, -0.05) is 24.3 Å². The fourth-order valence-corrected chi connectivity index (χ4v) is 2.18. The Balaban J connectivity index is 2.08. The van der Waals surface area contributed by atoms with Crippen LogP contribution < -0.4 is 5.32 Å². The van der Waals surface area contributed by atoms with Crippen molar-refractivity contribution in [3.05, 3.63) is 59.7 Å². The second-order valence-electron chi connectivity index (χ2n) is 5.27. The number of nitrogens with one attached hydrogen (secondary N) is 1. The summed E-state index contributed by atoms with van der Waals surface area (Å²) in [6.07, 6.45) is -4.61. The maximum absolute atomic E-state index is 12.9. The van der Waals surface area contributed by atoms with Crippen molar-refractivity contribution in [2.45, 2.75) is 6.18 Å². The highest BCUT2D eigenvalue weighted by Crippen LogP contribution is 2.34. The van der Waals surface area contributed by atoms with Crippen LogP contribution in [0.5, 0.6) is 5.75 Å². The molecule has 0 unspecified atom stereocenters. The molecule has 0 aliphatic heterocycles. The van der Waals surface area contributed by atoms with Gasteiger partial charge >= 0.3 is 6.18 Å². The van der Waals surface area contributed by atoms with E-state index < -0.39 is 30.1 Å². The number of carbonyl (C=O) groups excluding carboxylic acids is 2. The molecule has 2 rings (SSSR count). The highest BCUT2D eigenvalue weighted by Gasteiger charge is 2.33. The van der Waals surface area contributed by atoms with Gasteiger partial charge in [0.2, 0.25) is 5.91 Å². The molecule has 0 heterocycles. The number of nitrogens with zero attached hydrogens (tertiary/aromatic N) is 1. The number of likely N-dealkylation sites (N-methyl/N-ethyl adjacent to an activating group) is 1. The van der Waals surface area contributed by atoms with Crippen molar-refractivity contribution in [3.63, 3.8) is 0 Å². The Kier molecular flexibility index (Phi) is 5.31. The summed E-state index contributed by atoms with van der Waals surface area (Å²) in [6.45, 7) is -0.473. The number of halogens is 3. The van der Waals surface area contributed by atoms with Crippen LogP contribution in [-0.4, -0.2) is 35.4 Å². The zero-order valence-electron chi connectivity index (χ0n) is 13.2. The minimum atomic E-state index is -4.61. The molecule has 0 radical (unpaired) electrons. The molecule has 0 fully saturated rings. The number of amides is 2. The molecule has 2 N–H and O–H groups in total. The average Bonchev–Trinajstić information content (AvgIpc) is 2.54. The van der Waals surface area contributed by atoms with Crippen molar-refractivity contribution in [1.29, 1.82) is 0 Å². The van der Waals surface area contributed by atoms with Crippen molar-refractivity contribution in [2.24, 2.45) is 0 Å². The zero-order valence-corrected chi connectivity index (χ0v) is 13.2. The Hall–Kier alpha value is -3.03. The Morgan fingerprint density at radius 2 is 1.68 bits per heavy atom. The van der Waals surface area contributed by atoms with Crippen molar-refractivity contribution in [1.82, 2.24) is 4.90 Å². The lowest BCUT2D eigenvalue weighted by atomic mass is 10.1. The Morgan fingerprint density at radius 1 is 1.08 bits per heavy atom. The van der Waals surface area contributed by atoms with Crippen LogP contribution >= 0.6 is 0 Å². The van der Waals surface area contributed by atoms with Crippen LogP contribution in [0.4, 0.5) is 18.9 Å². The summed E-state index contributed by atoms with van der Waals surface area (Å²) in [6, 6.07) is 10.3. The van der Waals surface area contributed by atoms with E-state index in [2.05, 4.69) is 5.32 Å². The molecule has 0 saturated heterocycles. The Bertz CT molecular complexity index is 791. The molecule has 132 valence electrons. The van der Waals surface area contributed by atoms with Crippen LogP contribution in [0.25, 0.3) is 0 Å². The second-order valence-corrected chi connectivity index (χ2v) is 5.27. The number of benzene rings is 2. The van der Waals surface area contributed by atoms with Crippen molar-refractivity contribution in [3.8, 4) is 5.75 Å². The van der Waals surface area contributed by atoms with Gasteiger partial charge in [0.05, 0.1) is 23.4 Å². The summed E-state index contributed by atoms with van der Waals surface area (Å²) < 4.78 is 38.7. The number of phenolic OH excluding ortho intramolecular Hbond substituents is 1. The molecule has 5 nitrogen and oxygen atoms in total. The van der Waals surface area contributed by atoms with E-state index in [1.165, 1.54) is 37.4 Å². The second kappa shape index (κ2) is 7.25. The number of carbonyl (C=O) groups is 2. The lowest BCUT2D eigenvalue weighted by molar-refractivity contribution is -0.137. The third kappa shape index (κ3) is 4.50. The molecular formula is C17H15F3N2O3. The zero-order chi connectivity index (χ0) is 18.6. The molecule has 0 aliphatic rings. The highest BCUT2D eigenvalue weighted by molar-refractivity contribution is 6.00. The first-order valence-corrected chi connectivity index (χ1v) is 7.19. The summed E-state index contributed by atoms with van der Waals surface area (Å²) in [5, 5.41) is 11.8. The van der Waals surface area contributed by atoms with Gasteiger partial charge in [0.1, 0.15) is 5.75 Å². The maximum Gasteiger partial charge on any atom is 0.418 e. The molecule has 0 saturated carbocycles. The van der Waals surface area contributed by atoms with Crippen LogP contribution in [0, 0.1) is 0 Å². The van der Waals surface area contributed by atoms with E-state index in [-0.39, 0.29) is 17.0 Å². The van der Waals surface area contributed by atoms with Gasteiger partial charge in [0.15, 0.2) is 0 Å². The van der Waals surface area contributed by atoms with E-state index in [0.29, 0.717) is 0 Å². The maximum atomic E-state index is 12.9.